The van der Waals surface area contributed by atoms with Crippen molar-refractivity contribution in [1.82, 2.24) is 10.2 Å². The Kier molecular flexibility index (Phi) is 7.14. The predicted octanol–water partition coefficient (Wildman–Crippen LogP) is 5.53. The first-order chi connectivity index (χ1) is 14.0. The van der Waals surface area contributed by atoms with Gasteiger partial charge in [-0.1, -0.05) is 86.6 Å². The second-order valence-corrected chi connectivity index (χ2v) is 7.75. The lowest BCUT2D eigenvalue weighted by molar-refractivity contribution is 0.0972. The highest BCUT2D eigenvalue weighted by Gasteiger charge is 2.15. The number of benzene rings is 3. The zero-order chi connectivity index (χ0) is 20.6. The van der Waals surface area contributed by atoms with Crippen LogP contribution in [-0.4, -0.2) is 15.9 Å². The molecule has 0 saturated carbocycles. The third kappa shape index (κ3) is 6.00. The monoisotopic (exact) mass is 402 g/mol. The highest BCUT2D eigenvalue weighted by molar-refractivity contribution is 7.80. The van der Waals surface area contributed by atoms with Gasteiger partial charge >= 0.3 is 0 Å². The molecule has 0 unspecified atom stereocenters. The van der Waals surface area contributed by atoms with Crippen LogP contribution in [0.1, 0.15) is 46.8 Å². The smallest absolute Gasteiger partial charge is 0.257 e. The van der Waals surface area contributed by atoms with Crippen molar-refractivity contribution in [2.45, 2.75) is 32.9 Å². The topological polar surface area (TPSA) is 32.3 Å². The summed E-state index contributed by atoms with van der Waals surface area (Å²) in [4.78, 5) is 14.6. The minimum atomic E-state index is -0.191. The van der Waals surface area contributed by atoms with Crippen LogP contribution in [0.15, 0.2) is 84.9 Å². The zero-order valence-electron chi connectivity index (χ0n) is 16.8. The Labute approximate surface area is 178 Å². The summed E-state index contributed by atoms with van der Waals surface area (Å²) in [6, 6.07) is 27.9. The normalized spacial score (nSPS) is 10.6. The summed E-state index contributed by atoms with van der Waals surface area (Å²) >= 11 is 5.61. The van der Waals surface area contributed by atoms with Gasteiger partial charge in [-0.15, -0.1) is 0 Å². The Morgan fingerprint density at radius 3 is 1.90 bits per heavy atom. The maximum Gasteiger partial charge on any atom is 0.257 e. The molecule has 3 aromatic carbocycles. The lowest BCUT2D eigenvalue weighted by Gasteiger charge is -2.26. The molecule has 0 aliphatic carbocycles. The summed E-state index contributed by atoms with van der Waals surface area (Å²) in [5, 5.41) is 3.31. The van der Waals surface area contributed by atoms with Gasteiger partial charge in [0.25, 0.3) is 5.91 Å². The Bertz CT molecular complexity index is 938. The van der Waals surface area contributed by atoms with Gasteiger partial charge in [0, 0.05) is 18.7 Å². The highest BCUT2D eigenvalue weighted by Crippen LogP contribution is 2.17. The quantitative estimate of drug-likeness (QED) is 0.551. The molecule has 1 N–H and O–H groups in total. The fourth-order valence-electron chi connectivity index (χ4n) is 3.07. The molecule has 0 spiro atoms. The van der Waals surface area contributed by atoms with E-state index in [-0.39, 0.29) is 5.91 Å². The van der Waals surface area contributed by atoms with Gasteiger partial charge in [0.2, 0.25) is 0 Å². The predicted molar refractivity (Wildman–Crippen MR) is 123 cm³/mol. The third-order valence-corrected chi connectivity index (χ3v) is 5.14. The van der Waals surface area contributed by atoms with Gasteiger partial charge in [-0.05, 0) is 47.0 Å². The SMILES string of the molecule is CC(C)c1ccc(CN(Cc2ccccc2)C(=S)NC(=O)c2ccccc2)cc1. The second kappa shape index (κ2) is 9.99. The van der Waals surface area contributed by atoms with Gasteiger partial charge in [0.1, 0.15) is 0 Å². The molecule has 4 heteroatoms. The number of carbonyl (C=O) groups excluding carboxylic acids is 1. The Hall–Kier alpha value is -2.98. The molecule has 0 bridgehead atoms. The first-order valence-electron chi connectivity index (χ1n) is 9.81. The average molecular weight is 403 g/mol. The Morgan fingerprint density at radius 2 is 1.34 bits per heavy atom. The van der Waals surface area contributed by atoms with E-state index in [4.69, 9.17) is 12.2 Å². The largest absolute Gasteiger partial charge is 0.340 e. The van der Waals surface area contributed by atoms with E-state index < -0.39 is 0 Å². The van der Waals surface area contributed by atoms with Crippen molar-refractivity contribution in [1.29, 1.82) is 0 Å². The lowest BCUT2D eigenvalue weighted by atomic mass is 10.0. The van der Waals surface area contributed by atoms with Crippen LogP contribution in [0.3, 0.4) is 0 Å². The third-order valence-electron chi connectivity index (χ3n) is 4.78. The van der Waals surface area contributed by atoms with Crippen molar-refractivity contribution >= 4 is 23.2 Å². The minimum Gasteiger partial charge on any atom is -0.340 e. The molecule has 3 rings (SSSR count). The molecule has 29 heavy (non-hydrogen) atoms. The van der Waals surface area contributed by atoms with E-state index in [0.29, 0.717) is 29.7 Å². The summed E-state index contributed by atoms with van der Waals surface area (Å²) < 4.78 is 0. The van der Waals surface area contributed by atoms with E-state index in [1.165, 1.54) is 5.56 Å². The average Bonchev–Trinajstić information content (AvgIpc) is 2.75. The number of hydrogen-bond donors (Lipinski definition) is 1. The van der Waals surface area contributed by atoms with E-state index >= 15 is 0 Å². The molecule has 0 aromatic heterocycles. The van der Waals surface area contributed by atoms with Gasteiger partial charge in [0.05, 0.1) is 0 Å². The van der Waals surface area contributed by atoms with Crippen molar-refractivity contribution in [3.63, 3.8) is 0 Å². The van der Waals surface area contributed by atoms with Gasteiger partial charge in [-0.25, -0.2) is 0 Å². The molecule has 0 radical (unpaired) electrons. The van der Waals surface area contributed by atoms with Crippen LogP contribution in [0.25, 0.3) is 0 Å². The molecule has 0 aliphatic heterocycles. The van der Waals surface area contributed by atoms with Crippen molar-refractivity contribution in [2.24, 2.45) is 0 Å². The molecular weight excluding hydrogens is 376 g/mol. The molecule has 148 valence electrons. The lowest BCUT2D eigenvalue weighted by Crippen LogP contribution is -2.42. The molecule has 0 saturated heterocycles. The van der Waals surface area contributed by atoms with E-state index in [1.54, 1.807) is 12.1 Å². The maximum atomic E-state index is 12.6. The second-order valence-electron chi connectivity index (χ2n) is 7.36. The van der Waals surface area contributed by atoms with Crippen LogP contribution in [0.4, 0.5) is 0 Å². The fourth-order valence-corrected chi connectivity index (χ4v) is 3.29. The molecule has 0 atom stereocenters. The number of amides is 1. The highest BCUT2D eigenvalue weighted by atomic mass is 32.1. The first-order valence-corrected chi connectivity index (χ1v) is 10.2. The van der Waals surface area contributed by atoms with E-state index in [1.807, 2.05) is 41.3 Å². The molecule has 0 heterocycles. The standard InChI is InChI=1S/C25H26N2OS/c1-19(2)22-15-13-21(14-16-22)18-27(17-20-9-5-3-6-10-20)25(29)26-24(28)23-11-7-4-8-12-23/h3-16,19H,17-18H2,1-2H3,(H,26,28,29). The summed E-state index contributed by atoms with van der Waals surface area (Å²) in [7, 11) is 0. The molecule has 3 nitrogen and oxygen atoms in total. The van der Waals surface area contributed by atoms with Gasteiger partial charge in [0.15, 0.2) is 5.11 Å². The maximum absolute atomic E-state index is 12.6. The van der Waals surface area contributed by atoms with Crippen molar-refractivity contribution in [3.05, 3.63) is 107 Å². The minimum absolute atomic E-state index is 0.191. The summed E-state index contributed by atoms with van der Waals surface area (Å²) in [6.45, 7) is 5.62. The molecule has 0 fully saturated rings. The Morgan fingerprint density at radius 1 is 0.828 bits per heavy atom. The van der Waals surface area contributed by atoms with Crippen LogP contribution < -0.4 is 5.32 Å². The number of nitrogens with one attached hydrogen (secondary N) is 1. The van der Waals surface area contributed by atoms with Gasteiger partial charge < -0.3 is 4.90 Å². The number of nitrogens with zero attached hydrogens (tertiary/aromatic N) is 1. The van der Waals surface area contributed by atoms with Crippen LogP contribution in [-0.2, 0) is 13.1 Å². The number of carbonyl (C=O) groups is 1. The van der Waals surface area contributed by atoms with E-state index in [0.717, 1.165) is 11.1 Å². The van der Waals surface area contributed by atoms with E-state index in [9.17, 15) is 4.79 Å². The fraction of sp³-hybridized carbons (Fsp3) is 0.200. The Balaban J connectivity index is 1.76. The van der Waals surface area contributed by atoms with Crippen LogP contribution >= 0.6 is 12.2 Å². The van der Waals surface area contributed by atoms with Gasteiger partial charge in [-0.3, -0.25) is 10.1 Å². The van der Waals surface area contributed by atoms with Crippen molar-refractivity contribution in [2.75, 3.05) is 0 Å². The molecule has 0 aliphatic rings. The van der Waals surface area contributed by atoms with Crippen LogP contribution in [0.5, 0.6) is 0 Å². The van der Waals surface area contributed by atoms with Crippen molar-refractivity contribution < 1.29 is 4.79 Å². The summed E-state index contributed by atoms with van der Waals surface area (Å²) in [6.07, 6.45) is 0. The molecule has 3 aromatic rings. The zero-order valence-corrected chi connectivity index (χ0v) is 17.7. The first kappa shape index (κ1) is 20.7. The van der Waals surface area contributed by atoms with Gasteiger partial charge in [-0.2, -0.15) is 0 Å². The molecular formula is C25H26N2OS. The number of thiocarbonyl (C=S) groups is 1. The number of rotatable bonds is 6. The summed E-state index contributed by atoms with van der Waals surface area (Å²) in [5.74, 6) is 0.305. The molecule has 1 amide bonds. The van der Waals surface area contributed by atoms with Crippen molar-refractivity contribution in [3.8, 4) is 0 Å². The van der Waals surface area contributed by atoms with Crippen LogP contribution in [0, 0.1) is 0 Å². The van der Waals surface area contributed by atoms with Crippen LogP contribution in [0.2, 0.25) is 0 Å². The van der Waals surface area contributed by atoms with E-state index in [2.05, 4.69) is 55.6 Å². The summed E-state index contributed by atoms with van der Waals surface area (Å²) in [5.41, 5.74) is 4.20. The number of hydrogen-bond acceptors (Lipinski definition) is 2.